The molecule has 20 heavy (non-hydrogen) atoms. The number of halogens is 1. The van der Waals surface area contributed by atoms with Crippen molar-refractivity contribution in [2.45, 2.75) is 32.7 Å². The lowest BCUT2D eigenvalue weighted by atomic mass is 10.1. The first-order valence-corrected chi connectivity index (χ1v) is 6.97. The highest BCUT2D eigenvalue weighted by atomic mass is 35.5. The van der Waals surface area contributed by atoms with Crippen LogP contribution < -0.4 is 16.0 Å². The van der Waals surface area contributed by atoms with Crippen molar-refractivity contribution in [3.8, 4) is 0 Å². The summed E-state index contributed by atoms with van der Waals surface area (Å²) in [5.41, 5.74) is 2.49. The van der Waals surface area contributed by atoms with Crippen LogP contribution in [0.2, 0.25) is 5.02 Å². The average molecular weight is 296 g/mol. The van der Waals surface area contributed by atoms with E-state index in [4.69, 9.17) is 11.6 Å². The average Bonchev–Trinajstić information content (AvgIpc) is 2.36. The van der Waals surface area contributed by atoms with Crippen molar-refractivity contribution in [1.29, 1.82) is 0 Å². The number of aryl methyl sites for hydroxylation is 2. The van der Waals surface area contributed by atoms with Crippen molar-refractivity contribution in [2.75, 3.05) is 11.9 Å². The fourth-order valence-corrected chi connectivity index (χ4v) is 2.66. The molecule has 1 atom stereocenters. The van der Waals surface area contributed by atoms with E-state index in [0.717, 1.165) is 17.5 Å². The third-order valence-corrected chi connectivity index (χ3v) is 3.56. The Labute approximate surface area is 123 Å². The van der Waals surface area contributed by atoms with Crippen molar-refractivity contribution in [3.05, 3.63) is 28.3 Å². The van der Waals surface area contributed by atoms with Crippen molar-refractivity contribution < 1.29 is 9.59 Å². The molecule has 1 aliphatic heterocycles. The van der Waals surface area contributed by atoms with Gasteiger partial charge in [0.2, 0.25) is 5.91 Å². The standard InChI is InChI=1S/C14H18ClN3O2/c1-8-6-9(2)12(10(15)7-8)18-14(20)17-11-4-3-5-16-13(11)19/h6-7,11H,3-5H2,1-2H3,(H,16,19)(H2,17,18,20)/t11-/m1/s1. The lowest BCUT2D eigenvalue weighted by molar-refractivity contribution is -0.124. The Balaban J connectivity index is 2.03. The third-order valence-electron chi connectivity index (χ3n) is 3.26. The van der Waals surface area contributed by atoms with E-state index in [1.165, 1.54) is 0 Å². The first-order valence-electron chi connectivity index (χ1n) is 6.59. The second kappa shape index (κ2) is 6.13. The number of hydrogen-bond acceptors (Lipinski definition) is 2. The van der Waals surface area contributed by atoms with Gasteiger partial charge in [0, 0.05) is 6.54 Å². The molecule has 2 rings (SSSR count). The zero-order chi connectivity index (χ0) is 14.7. The molecule has 0 aromatic heterocycles. The highest BCUT2D eigenvalue weighted by Gasteiger charge is 2.23. The van der Waals surface area contributed by atoms with Crippen LogP contribution in [0.15, 0.2) is 12.1 Å². The summed E-state index contributed by atoms with van der Waals surface area (Å²) in [4.78, 5) is 23.5. The number of amides is 3. The molecule has 1 heterocycles. The van der Waals surface area contributed by atoms with E-state index in [-0.39, 0.29) is 5.91 Å². The zero-order valence-corrected chi connectivity index (χ0v) is 12.3. The Kier molecular flexibility index (Phi) is 4.49. The summed E-state index contributed by atoms with van der Waals surface area (Å²) in [5.74, 6) is -0.141. The Hall–Kier alpha value is -1.75. The van der Waals surface area contributed by atoms with Crippen LogP contribution in [0.1, 0.15) is 24.0 Å². The van der Waals surface area contributed by atoms with Crippen LogP contribution >= 0.6 is 11.6 Å². The molecule has 0 unspecified atom stereocenters. The molecule has 0 saturated carbocycles. The number of carbonyl (C=O) groups is 2. The van der Waals surface area contributed by atoms with Gasteiger partial charge in [-0.15, -0.1) is 0 Å². The molecular weight excluding hydrogens is 278 g/mol. The van der Waals surface area contributed by atoms with Gasteiger partial charge in [-0.1, -0.05) is 17.7 Å². The number of rotatable bonds is 2. The summed E-state index contributed by atoms with van der Waals surface area (Å²) in [6.45, 7) is 4.48. The van der Waals surface area contributed by atoms with Gasteiger partial charge in [-0.2, -0.15) is 0 Å². The normalized spacial score (nSPS) is 18.4. The lowest BCUT2D eigenvalue weighted by Crippen LogP contribution is -2.51. The quantitative estimate of drug-likeness (QED) is 0.784. The minimum atomic E-state index is -0.478. The van der Waals surface area contributed by atoms with Gasteiger partial charge in [-0.3, -0.25) is 4.79 Å². The lowest BCUT2D eigenvalue weighted by Gasteiger charge is -2.23. The summed E-state index contributed by atoms with van der Waals surface area (Å²) >= 11 is 6.13. The van der Waals surface area contributed by atoms with E-state index in [1.54, 1.807) is 6.07 Å². The number of urea groups is 1. The summed E-state index contributed by atoms with van der Waals surface area (Å²) in [6, 6.07) is 2.83. The van der Waals surface area contributed by atoms with Crippen molar-refractivity contribution in [1.82, 2.24) is 10.6 Å². The van der Waals surface area contributed by atoms with Crippen LogP contribution in [0.3, 0.4) is 0 Å². The predicted molar refractivity (Wildman–Crippen MR) is 79.1 cm³/mol. The van der Waals surface area contributed by atoms with E-state index in [1.807, 2.05) is 19.9 Å². The molecule has 1 aliphatic rings. The molecule has 1 aromatic rings. The van der Waals surface area contributed by atoms with Gasteiger partial charge in [0.15, 0.2) is 0 Å². The van der Waals surface area contributed by atoms with Gasteiger partial charge < -0.3 is 16.0 Å². The Morgan fingerprint density at radius 1 is 1.40 bits per heavy atom. The molecule has 3 N–H and O–H groups in total. The number of piperidine rings is 1. The molecule has 1 fully saturated rings. The number of hydrogen-bond donors (Lipinski definition) is 3. The molecule has 1 saturated heterocycles. The Bertz CT molecular complexity index is 522. The molecule has 3 amide bonds. The summed E-state index contributed by atoms with van der Waals surface area (Å²) in [7, 11) is 0. The monoisotopic (exact) mass is 295 g/mol. The van der Waals surface area contributed by atoms with Crippen molar-refractivity contribution in [3.63, 3.8) is 0 Å². The molecule has 5 nitrogen and oxygen atoms in total. The first-order chi connectivity index (χ1) is 9.47. The highest BCUT2D eigenvalue weighted by molar-refractivity contribution is 6.34. The largest absolute Gasteiger partial charge is 0.354 e. The minimum absolute atomic E-state index is 0.141. The van der Waals surface area contributed by atoms with Crippen LogP contribution in [0.5, 0.6) is 0 Å². The van der Waals surface area contributed by atoms with Crippen LogP contribution in [0, 0.1) is 13.8 Å². The topological polar surface area (TPSA) is 70.2 Å². The summed E-state index contributed by atoms with van der Waals surface area (Å²) in [5, 5.41) is 8.59. The summed E-state index contributed by atoms with van der Waals surface area (Å²) < 4.78 is 0. The smallest absolute Gasteiger partial charge is 0.319 e. The Morgan fingerprint density at radius 3 is 2.80 bits per heavy atom. The predicted octanol–water partition coefficient (Wildman–Crippen LogP) is 2.36. The second-order valence-electron chi connectivity index (χ2n) is 5.02. The van der Waals surface area contributed by atoms with Gasteiger partial charge in [-0.25, -0.2) is 4.79 Å². The maximum absolute atomic E-state index is 12.0. The molecule has 0 spiro atoms. The molecular formula is C14H18ClN3O2. The maximum atomic E-state index is 12.0. The van der Waals surface area contributed by atoms with E-state index >= 15 is 0 Å². The molecule has 1 aromatic carbocycles. The molecule has 108 valence electrons. The van der Waals surface area contributed by atoms with E-state index in [0.29, 0.717) is 23.7 Å². The van der Waals surface area contributed by atoms with E-state index in [2.05, 4.69) is 16.0 Å². The van der Waals surface area contributed by atoms with Gasteiger partial charge in [0.1, 0.15) is 6.04 Å². The van der Waals surface area contributed by atoms with Gasteiger partial charge >= 0.3 is 6.03 Å². The van der Waals surface area contributed by atoms with Crippen LogP contribution in [0.25, 0.3) is 0 Å². The number of anilines is 1. The van der Waals surface area contributed by atoms with Crippen LogP contribution in [0.4, 0.5) is 10.5 Å². The maximum Gasteiger partial charge on any atom is 0.319 e. The van der Waals surface area contributed by atoms with Crippen molar-refractivity contribution in [2.24, 2.45) is 0 Å². The SMILES string of the molecule is Cc1cc(C)c(NC(=O)N[C@@H]2CCCNC2=O)c(Cl)c1. The van der Waals surface area contributed by atoms with E-state index < -0.39 is 12.1 Å². The van der Waals surface area contributed by atoms with E-state index in [9.17, 15) is 9.59 Å². The second-order valence-corrected chi connectivity index (χ2v) is 5.43. The minimum Gasteiger partial charge on any atom is -0.354 e. The molecule has 6 heteroatoms. The van der Waals surface area contributed by atoms with Crippen LogP contribution in [-0.2, 0) is 4.79 Å². The number of nitrogens with one attached hydrogen (secondary N) is 3. The molecule has 0 radical (unpaired) electrons. The molecule has 0 bridgehead atoms. The highest BCUT2D eigenvalue weighted by Crippen LogP contribution is 2.27. The Morgan fingerprint density at radius 2 is 2.15 bits per heavy atom. The third kappa shape index (κ3) is 3.42. The zero-order valence-electron chi connectivity index (χ0n) is 11.5. The van der Waals surface area contributed by atoms with Crippen molar-refractivity contribution >= 4 is 29.2 Å². The fraction of sp³-hybridized carbons (Fsp3) is 0.429. The van der Waals surface area contributed by atoms with Gasteiger partial charge in [-0.05, 0) is 43.9 Å². The van der Waals surface area contributed by atoms with Gasteiger partial charge in [0.05, 0.1) is 10.7 Å². The molecule has 0 aliphatic carbocycles. The first kappa shape index (κ1) is 14.7. The van der Waals surface area contributed by atoms with Crippen LogP contribution in [-0.4, -0.2) is 24.5 Å². The summed E-state index contributed by atoms with van der Waals surface area (Å²) in [6.07, 6.45) is 1.51. The fourth-order valence-electron chi connectivity index (χ4n) is 2.29. The van der Waals surface area contributed by atoms with Gasteiger partial charge in [0.25, 0.3) is 0 Å². The number of benzene rings is 1. The number of carbonyl (C=O) groups excluding carboxylic acids is 2.